The molecule has 1 heterocycles. The summed E-state index contributed by atoms with van der Waals surface area (Å²) in [6, 6.07) is 8.83. The number of nitrogens with one attached hydrogen (secondary N) is 2. The molecule has 0 saturated heterocycles. The fraction of sp³-hybridized carbons (Fsp3) is 0.286. The van der Waals surface area contributed by atoms with Crippen LogP contribution in [0.15, 0.2) is 41.8 Å². The predicted molar refractivity (Wildman–Crippen MR) is 109 cm³/mol. The van der Waals surface area contributed by atoms with E-state index in [1.54, 1.807) is 35.6 Å². The summed E-state index contributed by atoms with van der Waals surface area (Å²) in [6.07, 6.45) is 6.06. The summed E-state index contributed by atoms with van der Waals surface area (Å²) in [7, 11) is 1.30. The molecule has 0 aliphatic heterocycles. The first-order valence-electron chi connectivity index (χ1n) is 9.07. The minimum absolute atomic E-state index is 0.0346. The van der Waals surface area contributed by atoms with Crippen molar-refractivity contribution in [2.24, 2.45) is 5.92 Å². The van der Waals surface area contributed by atoms with Gasteiger partial charge in [-0.15, -0.1) is 11.3 Å². The highest BCUT2D eigenvalue weighted by atomic mass is 32.1. The van der Waals surface area contributed by atoms with E-state index in [1.807, 2.05) is 17.5 Å². The van der Waals surface area contributed by atoms with Crippen LogP contribution in [0.2, 0.25) is 0 Å². The topological polar surface area (TPSA) is 84.5 Å². The number of thiophene rings is 1. The summed E-state index contributed by atoms with van der Waals surface area (Å²) >= 11 is 1.55. The lowest BCUT2D eigenvalue weighted by molar-refractivity contribution is -0.122. The lowest BCUT2D eigenvalue weighted by Crippen LogP contribution is -2.28. The van der Waals surface area contributed by atoms with Crippen LogP contribution < -0.4 is 10.6 Å². The van der Waals surface area contributed by atoms with Crippen molar-refractivity contribution in [3.63, 3.8) is 0 Å². The minimum atomic E-state index is -0.495. The largest absolute Gasteiger partial charge is 0.465 e. The van der Waals surface area contributed by atoms with E-state index in [1.165, 1.54) is 13.2 Å². The Morgan fingerprint density at radius 2 is 2.07 bits per heavy atom. The lowest BCUT2D eigenvalue weighted by Gasteiger charge is -2.24. The van der Waals surface area contributed by atoms with E-state index >= 15 is 0 Å². The number of benzene rings is 1. The maximum atomic E-state index is 12.2. The molecule has 2 aromatic rings. The average molecular weight is 398 g/mol. The standard InChI is InChI=1S/C21H22N2O4S/c1-27-21(26)16-10-14(11-17(12-16)23-20(25)15-4-2-5-15)13-22-19(24)8-7-18-6-3-9-28-18/h3,6-12,15H,2,4-5,13H2,1H3,(H,22,24)(H,23,25). The first-order chi connectivity index (χ1) is 13.5. The van der Waals surface area contributed by atoms with Gasteiger partial charge < -0.3 is 15.4 Å². The monoisotopic (exact) mass is 398 g/mol. The minimum Gasteiger partial charge on any atom is -0.465 e. The Bertz CT molecular complexity index is 886. The molecule has 1 aromatic heterocycles. The molecule has 0 atom stereocenters. The van der Waals surface area contributed by atoms with Crippen LogP contribution in [0.4, 0.5) is 5.69 Å². The van der Waals surface area contributed by atoms with Gasteiger partial charge in [0.2, 0.25) is 11.8 Å². The molecule has 0 unspecified atom stereocenters. The highest BCUT2D eigenvalue weighted by Gasteiger charge is 2.25. The molecule has 0 bridgehead atoms. The second-order valence-corrected chi connectivity index (χ2v) is 7.57. The van der Waals surface area contributed by atoms with Crippen LogP contribution in [0.3, 0.4) is 0 Å². The zero-order valence-corrected chi connectivity index (χ0v) is 16.4. The SMILES string of the molecule is COC(=O)c1cc(CNC(=O)C=Cc2cccs2)cc(NC(=O)C2CCC2)c1. The van der Waals surface area contributed by atoms with Crippen LogP contribution in [0.5, 0.6) is 0 Å². The number of methoxy groups -OCH3 is 1. The van der Waals surface area contributed by atoms with Gasteiger partial charge in [0.1, 0.15) is 0 Å². The normalized spacial score (nSPS) is 13.8. The Labute approximate surface area is 167 Å². The molecule has 7 heteroatoms. The van der Waals surface area contributed by atoms with E-state index in [2.05, 4.69) is 10.6 Å². The molecule has 1 fully saturated rings. The van der Waals surface area contributed by atoms with Crippen molar-refractivity contribution in [2.45, 2.75) is 25.8 Å². The third-order valence-corrected chi connectivity index (χ3v) is 5.40. The van der Waals surface area contributed by atoms with Gasteiger partial charge in [0.05, 0.1) is 12.7 Å². The molecule has 28 heavy (non-hydrogen) atoms. The Kier molecular flexibility index (Phi) is 6.60. The van der Waals surface area contributed by atoms with Gasteiger partial charge in [-0.05, 0) is 54.1 Å². The number of anilines is 1. The molecule has 1 aromatic carbocycles. The second-order valence-electron chi connectivity index (χ2n) is 6.59. The molecule has 146 valence electrons. The number of esters is 1. The van der Waals surface area contributed by atoms with Crippen molar-refractivity contribution in [3.8, 4) is 0 Å². The number of ether oxygens (including phenoxy) is 1. The molecular formula is C21H22N2O4S. The highest BCUT2D eigenvalue weighted by molar-refractivity contribution is 7.10. The van der Waals surface area contributed by atoms with Crippen LogP contribution in [0, 0.1) is 5.92 Å². The molecule has 6 nitrogen and oxygen atoms in total. The fourth-order valence-electron chi connectivity index (χ4n) is 2.81. The first kappa shape index (κ1) is 19.8. The summed E-state index contributed by atoms with van der Waals surface area (Å²) in [5.41, 5.74) is 1.55. The van der Waals surface area contributed by atoms with Gasteiger partial charge in [-0.1, -0.05) is 12.5 Å². The van der Waals surface area contributed by atoms with Crippen molar-refractivity contribution in [2.75, 3.05) is 12.4 Å². The van der Waals surface area contributed by atoms with Crippen LogP contribution in [-0.4, -0.2) is 24.9 Å². The van der Waals surface area contributed by atoms with E-state index < -0.39 is 5.97 Å². The summed E-state index contributed by atoms with van der Waals surface area (Å²) in [5.74, 6) is -0.740. The third kappa shape index (κ3) is 5.29. The lowest BCUT2D eigenvalue weighted by atomic mass is 9.85. The second kappa shape index (κ2) is 9.32. The summed E-state index contributed by atoms with van der Waals surface area (Å²) in [5, 5.41) is 7.59. The number of amides is 2. The smallest absolute Gasteiger partial charge is 0.337 e. The van der Waals surface area contributed by atoms with E-state index in [-0.39, 0.29) is 24.3 Å². The van der Waals surface area contributed by atoms with E-state index in [0.717, 1.165) is 24.1 Å². The molecule has 3 rings (SSSR count). The Morgan fingerprint density at radius 3 is 2.71 bits per heavy atom. The molecular weight excluding hydrogens is 376 g/mol. The number of hydrogen-bond donors (Lipinski definition) is 2. The summed E-state index contributed by atoms with van der Waals surface area (Å²) in [4.78, 5) is 37.2. The highest BCUT2D eigenvalue weighted by Crippen LogP contribution is 2.28. The average Bonchev–Trinajstić information content (AvgIpc) is 3.16. The summed E-state index contributed by atoms with van der Waals surface area (Å²) < 4.78 is 4.79. The molecule has 1 aliphatic carbocycles. The fourth-order valence-corrected chi connectivity index (χ4v) is 3.43. The van der Waals surface area contributed by atoms with Crippen molar-refractivity contribution in [1.29, 1.82) is 0 Å². The Morgan fingerprint density at radius 1 is 1.25 bits per heavy atom. The van der Waals surface area contributed by atoms with Gasteiger partial charge in [-0.3, -0.25) is 9.59 Å². The van der Waals surface area contributed by atoms with E-state index in [0.29, 0.717) is 16.8 Å². The summed E-state index contributed by atoms with van der Waals surface area (Å²) in [6.45, 7) is 0.227. The van der Waals surface area contributed by atoms with E-state index in [4.69, 9.17) is 4.74 Å². The van der Waals surface area contributed by atoms with Crippen LogP contribution >= 0.6 is 11.3 Å². The first-order valence-corrected chi connectivity index (χ1v) is 9.95. The molecule has 0 spiro atoms. The van der Waals surface area contributed by atoms with Crippen LogP contribution in [0.25, 0.3) is 6.08 Å². The van der Waals surface area contributed by atoms with E-state index in [9.17, 15) is 14.4 Å². The number of carbonyl (C=O) groups is 3. The molecule has 1 saturated carbocycles. The molecule has 2 N–H and O–H groups in total. The number of hydrogen-bond acceptors (Lipinski definition) is 5. The third-order valence-electron chi connectivity index (χ3n) is 4.57. The maximum absolute atomic E-state index is 12.2. The molecule has 0 radical (unpaired) electrons. The Balaban J connectivity index is 1.67. The zero-order chi connectivity index (χ0) is 19.9. The number of carbonyl (C=O) groups excluding carboxylic acids is 3. The van der Waals surface area contributed by atoms with Crippen LogP contribution in [-0.2, 0) is 20.9 Å². The molecule has 2 amide bonds. The number of rotatable bonds is 7. The van der Waals surface area contributed by atoms with Gasteiger partial charge in [0.15, 0.2) is 0 Å². The van der Waals surface area contributed by atoms with Crippen molar-refractivity contribution in [3.05, 3.63) is 57.8 Å². The van der Waals surface area contributed by atoms with Gasteiger partial charge in [0, 0.05) is 29.1 Å². The zero-order valence-electron chi connectivity index (χ0n) is 15.6. The van der Waals surface area contributed by atoms with Gasteiger partial charge in [-0.2, -0.15) is 0 Å². The van der Waals surface area contributed by atoms with Gasteiger partial charge >= 0.3 is 5.97 Å². The van der Waals surface area contributed by atoms with Crippen molar-refractivity contribution < 1.29 is 19.1 Å². The van der Waals surface area contributed by atoms with Gasteiger partial charge in [-0.25, -0.2) is 4.79 Å². The predicted octanol–water partition coefficient (Wildman–Crippen LogP) is 3.60. The van der Waals surface area contributed by atoms with Crippen molar-refractivity contribution >= 4 is 40.9 Å². The molecule has 1 aliphatic rings. The maximum Gasteiger partial charge on any atom is 0.337 e. The Hall–Kier alpha value is -2.93. The van der Waals surface area contributed by atoms with Gasteiger partial charge in [0.25, 0.3) is 0 Å². The van der Waals surface area contributed by atoms with Crippen molar-refractivity contribution in [1.82, 2.24) is 5.32 Å². The van der Waals surface area contributed by atoms with Crippen LogP contribution in [0.1, 0.15) is 40.1 Å². The quantitative estimate of drug-likeness (QED) is 0.551.